The van der Waals surface area contributed by atoms with Crippen LogP contribution in [0.5, 0.6) is 11.5 Å². The van der Waals surface area contributed by atoms with Crippen LogP contribution < -0.4 is 14.8 Å². The molecule has 1 aromatic carbocycles. The SMILES string of the molecule is COc1cc(C(=O)NCCn2cc(Br)cn2)ccc1OC(F)F. The lowest BCUT2D eigenvalue weighted by atomic mass is 10.2. The number of hydrogen-bond donors (Lipinski definition) is 1. The summed E-state index contributed by atoms with van der Waals surface area (Å²) in [6.45, 7) is -2.09. The van der Waals surface area contributed by atoms with Gasteiger partial charge < -0.3 is 14.8 Å². The second-order valence-electron chi connectivity index (χ2n) is 4.42. The van der Waals surface area contributed by atoms with Crippen molar-refractivity contribution in [3.8, 4) is 11.5 Å². The Morgan fingerprint density at radius 3 is 2.83 bits per heavy atom. The van der Waals surface area contributed by atoms with E-state index in [9.17, 15) is 13.6 Å². The summed E-state index contributed by atoms with van der Waals surface area (Å²) in [4.78, 5) is 12.0. The lowest BCUT2D eigenvalue weighted by Gasteiger charge is -2.11. The van der Waals surface area contributed by atoms with Gasteiger partial charge in [0.15, 0.2) is 11.5 Å². The van der Waals surface area contributed by atoms with E-state index in [2.05, 4.69) is 31.1 Å². The van der Waals surface area contributed by atoms with Crippen molar-refractivity contribution in [3.05, 3.63) is 40.6 Å². The number of nitrogens with zero attached hydrogens (tertiary/aromatic N) is 2. The van der Waals surface area contributed by atoms with E-state index in [0.717, 1.165) is 4.47 Å². The third-order valence-electron chi connectivity index (χ3n) is 2.87. The lowest BCUT2D eigenvalue weighted by molar-refractivity contribution is -0.0512. The second kappa shape index (κ2) is 7.91. The Kier molecular flexibility index (Phi) is 5.91. The average Bonchev–Trinajstić information content (AvgIpc) is 2.92. The number of rotatable bonds is 7. The number of hydrogen-bond acceptors (Lipinski definition) is 4. The molecule has 124 valence electrons. The molecule has 0 unspecified atom stereocenters. The van der Waals surface area contributed by atoms with Crippen molar-refractivity contribution < 1.29 is 23.0 Å². The van der Waals surface area contributed by atoms with Gasteiger partial charge in [0.25, 0.3) is 5.91 Å². The number of ether oxygens (including phenoxy) is 2. The van der Waals surface area contributed by atoms with E-state index in [0.29, 0.717) is 13.1 Å². The van der Waals surface area contributed by atoms with Crippen LogP contribution in [0.1, 0.15) is 10.4 Å². The maximum absolute atomic E-state index is 12.3. The number of benzene rings is 1. The number of aromatic nitrogens is 2. The minimum Gasteiger partial charge on any atom is -0.493 e. The topological polar surface area (TPSA) is 65.4 Å². The van der Waals surface area contributed by atoms with Gasteiger partial charge in [-0.2, -0.15) is 13.9 Å². The molecule has 0 bridgehead atoms. The fraction of sp³-hybridized carbons (Fsp3) is 0.286. The lowest BCUT2D eigenvalue weighted by Crippen LogP contribution is -2.27. The van der Waals surface area contributed by atoms with Gasteiger partial charge in [0, 0.05) is 18.3 Å². The van der Waals surface area contributed by atoms with Crippen molar-refractivity contribution in [2.24, 2.45) is 0 Å². The zero-order chi connectivity index (χ0) is 16.8. The van der Waals surface area contributed by atoms with E-state index in [1.165, 1.54) is 25.3 Å². The maximum atomic E-state index is 12.3. The van der Waals surface area contributed by atoms with Crippen molar-refractivity contribution in [3.63, 3.8) is 0 Å². The van der Waals surface area contributed by atoms with Crippen molar-refractivity contribution in [1.82, 2.24) is 15.1 Å². The summed E-state index contributed by atoms with van der Waals surface area (Å²) >= 11 is 3.28. The molecule has 1 amide bonds. The fourth-order valence-corrected chi connectivity index (χ4v) is 2.18. The molecule has 0 radical (unpaired) electrons. The van der Waals surface area contributed by atoms with Gasteiger partial charge in [-0.3, -0.25) is 9.48 Å². The quantitative estimate of drug-likeness (QED) is 0.790. The van der Waals surface area contributed by atoms with Gasteiger partial charge in [-0.15, -0.1) is 0 Å². The first-order valence-corrected chi connectivity index (χ1v) is 7.38. The number of methoxy groups -OCH3 is 1. The molecule has 0 fully saturated rings. The zero-order valence-corrected chi connectivity index (χ0v) is 13.7. The van der Waals surface area contributed by atoms with E-state index < -0.39 is 6.61 Å². The van der Waals surface area contributed by atoms with Gasteiger partial charge in [-0.25, -0.2) is 0 Å². The highest BCUT2D eigenvalue weighted by Crippen LogP contribution is 2.29. The van der Waals surface area contributed by atoms with E-state index in [4.69, 9.17) is 4.74 Å². The van der Waals surface area contributed by atoms with Crippen LogP contribution in [-0.2, 0) is 6.54 Å². The molecule has 1 aromatic heterocycles. The van der Waals surface area contributed by atoms with E-state index in [1.807, 2.05) is 0 Å². The molecule has 0 spiro atoms. The number of halogens is 3. The van der Waals surface area contributed by atoms with Crippen LogP contribution >= 0.6 is 15.9 Å². The predicted octanol–water partition coefficient (Wildman–Crippen LogP) is 2.69. The Morgan fingerprint density at radius 1 is 1.43 bits per heavy atom. The number of alkyl halides is 2. The van der Waals surface area contributed by atoms with E-state index >= 15 is 0 Å². The van der Waals surface area contributed by atoms with Crippen LogP contribution in [0.2, 0.25) is 0 Å². The Balaban J connectivity index is 1.96. The molecular formula is C14H14BrF2N3O3. The minimum atomic E-state index is -2.96. The molecule has 0 aliphatic heterocycles. The van der Waals surface area contributed by atoms with Crippen LogP contribution in [-0.4, -0.2) is 36.0 Å². The third-order valence-corrected chi connectivity index (χ3v) is 3.28. The van der Waals surface area contributed by atoms with Gasteiger partial charge in [-0.05, 0) is 34.1 Å². The van der Waals surface area contributed by atoms with Gasteiger partial charge in [0.1, 0.15) is 0 Å². The third kappa shape index (κ3) is 4.92. The molecule has 0 saturated carbocycles. The standard InChI is InChI=1S/C14H14BrF2N3O3/c1-22-12-6-9(2-3-11(12)23-14(16)17)13(21)18-4-5-20-8-10(15)7-19-20/h2-3,6-8,14H,4-5H2,1H3,(H,18,21). The number of nitrogens with one attached hydrogen (secondary N) is 1. The van der Waals surface area contributed by atoms with Crippen molar-refractivity contribution in [2.45, 2.75) is 13.2 Å². The molecule has 0 saturated heterocycles. The first kappa shape index (κ1) is 17.2. The summed E-state index contributed by atoms with van der Waals surface area (Å²) in [7, 11) is 1.31. The van der Waals surface area contributed by atoms with Gasteiger partial charge in [-0.1, -0.05) is 0 Å². The van der Waals surface area contributed by atoms with Gasteiger partial charge in [0.2, 0.25) is 0 Å². The Hall–Kier alpha value is -2.16. The molecule has 9 heteroatoms. The van der Waals surface area contributed by atoms with Crippen molar-refractivity contribution in [1.29, 1.82) is 0 Å². The Labute approximate surface area is 139 Å². The van der Waals surface area contributed by atoms with Gasteiger partial charge >= 0.3 is 6.61 Å². The van der Waals surface area contributed by atoms with E-state index in [1.54, 1.807) is 17.1 Å². The summed E-state index contributed by atoms with van der Waals surface area (Å²) in [6.07, 6.45) is 3.43. The molecule has 6 nitrogen and oxygen atoms in total. The first-order valence-electron chi connectivity index (χ1n) is 6.58. The molecule has 0 atom stereocenters. The Morgan fingerprint density at radius 2 is 2.22 bits per heavy atom. The summed E-state index contributed by atoms with van der Waals surface area (Å²) in [5, 5.41) is 6.77. The normalized spacial score (nSPS) is 10.7. The highest BCUT2D eigenvalue weighted by atomic mass is 79.9. The zero-order valence-electron chi connectivity index (χ0n) is 12.1. The molecule has 0 aliphatic carbocycles. The van der Waals surface area contributed by atoms with Crippen LogP contribution in [0.15, 0.2) is 35.1 Å². The van der Waals surface area contributed by atoms with E-state index in [-0.39, 0.29) is 23.0 Å². The molecule has 1 N–H and O–H groups in total. The molecule has 23 heavy (non-hydrogen) atoms. The summed E-state index contributed by atoms with van der Waals surface area (Å²) in [6, 6.07) is 4.00. The Bertz CT molecular complexity index is 679. The molecule has 2 aromatic rings. The second-order valence-corrected chi connectivity index (χ2v) is 5.34. The predicted molar refractivity (Wildman–Crippen MR) is 81.9 cm³/mol. The smallest absolute Gasteiger partial charge is 0.387 e. The van der Waals surface area contributed by atoms with Crippen LogP contribution in [0.25, 0.3) is 0 Å². The number of carbonyl (C=O) groups excluding carboxylic acids is 1. The highest BCUT2D eigenvalue weighted by molar-refractivity contribution is 9.10. The summed E-state index contributed by atoms with van der Waals surface area (Å²) < 4.78 is 36.3. The molecule has 2 rings (SSSR count). The maximum Gasteiger partial charge on any atom is 0.387 e. The van der Waals surface area contributed by atoms with Crippen molar-refractivity contribution in [2.75, 3.05) is 13.7 Å². The number of amides is 1. The number of carbonyl (C=O) groups is 1. The van der Waals surface area contributed by atoms with Crippen LogP contribution in [0.3, 0.4) is 0 Å². The first-order chi connectivity index (χ1) is 11.0. The molecular weight excluding hydrogens is 376 g/mol. The van der Waals surface area contributed by atoms with Crippen molar-refractivity contribution >= 4 is 21.8 Å². The van der Waals surface area contributed by atoms with Crippen LogP contribution in [0, 0.1) is 0 Å². The fourth-order valence-electron chi connectivity index (χ4n) is 1.85. The summed E-state index contributed by atoms with van der Waals surface area (Å²) in [5.41, 5.74) is 0.283. The average molecular weight is 390 g/mol. The molecule has 0 aliphatic rings. The minimum absolute atomic E-state index is 0.0638. The molecule has 1 heterocycles. The van der Waals surface area contributed by atoms with Crippen LogP contribution in [0.4, 0.5) is 8.78 Å². The monoisotopic (exact) mass is 389 g/mol. The summed E-state index contributed by atoms with van der Waals surface area (Å²) in [5.74, 6) is -0.410. The largest absolute Gasteiger partial charge is 0.493 e. The van der Waals surface area contributed by atoms with Gasteiger partial charge in [0.05, 0.1) is 24.3 Å². The highest BCUT2D eigenvalue weighted by Gasteiger charge is 2.14.